The Labute approximate surface area is 135 Å². The van der Waals surface area contributed by atoms with Crippen LogP contribution in [0.25, 0.3) is 0 Å². The smallest absolute Gasteiger partial charge is 0.331 e. The van der Waals surface area contributed by atoms with Gasteiger partial charge in [-0.2, -0.15) is 5.10 Å². The van der Waals surface area contributed by atoms with Crippen molar-refractivity contribution < 1.29 is 23.5 Å². The Hall–Kier alpha value is -2.68. The second-order valence-electron chi connectivity index (χ2n) is 4.16. The zero-order valence-electron chi connectivity index (χ0n) is 12.2. The summed E-state index contributed by atoms with van der Waals surface area (Å²) in [7, 11) is 2.64. The molecule has 0 spiro atoms. The quantitative estimate of drug-likeness (QED) is 0.389. The number of hydrogen-bond acceptors (Lipinski definition) is 7. The van der Waals surface area contributed by atoms with Gasteiger partial charge in [0.2, 0.25) is 0 Å². The van der Waals surface area contributed by atoms with E-state index in [0.29, 0.717) is 11.3 Å². The lowest BCUT2D eigenvalue weighted by Gasteiger charge is -2.00. The third kappa shape index (κ3) is 4.65. The van der Waals surface area contributed by atoms with Crippen LogP contribution in [0.2, 0.25) is 0 Å². The van der Waals surface area contributed by atoms with Crippen LogP contribution < -0.4 is 10.1 Å². The number of nitrogens with zero attached hydrogens (tertiary/aromatic N) is 2. The molecule has 120 valence electrons. The summed E-state index contributed by atoms with van der Waals surface area (Å²) in [6, 6.07) is 4.07. The van der Waals surface area contributed by atoms with Crippen molar-refractivity contribution in [2.75, 3.05) is 14.2 Å². The van der Waals surface area contributed by atoms with Crippen LogP contribution in [0.15, 0.2) is 39.4 Å². The fraction of sp³-hybridized carbons (Fsp3) is 0.143. The third-order valence-electron chi connectivity index (χ3n) is 2.59. The Bertz CT molecular complexity index is 731. The number of hydrogen-bond donors (Lipinski definition) is 1. The van der Waals surface area contributed by atoms with E-state index in [1.807, 2.05) is 0 Å². The molecule has 0 atom stereocenters. The number of rotatable bonds is 4. The van der Waals surface area contributed by atoms with E-state index in [1.54, 1.807) is 6.07 Å². The third-order valence-corrected chi connectivity index (χ3v) is 3.49. The summed E-state index contributed by atoms with van der Waals surface area (Å²) >= 11 is 0.946. The first-order chi connectivity index (χ1) is 11.0. The van der Waals surface area contributed by atoms with Gasteiger partial charge in [-0.05, 0) is 23.9 Å². The zero-order chi connectivity index (χ0) is 16.8. The number of thioether (sulfide) groups is 1. The molecule has 0 bridgehead atoms. The summed E-state index contributed by atoms with van der Waals surface area (Å²) in [5.41, 5.74) is 0.450. The molecule has 1 aromatic rings. The number of carbonyl (C=O) groups excluding carboxylic acids is 2. The molecule has 9 heteroatoms. The summed E-state index contributed by atoms with van der Waals surface area (Å²) in [5.74, 6) is -1.22. The standard InChI is InChI=1S/C14H12FN3O4S/c1-21-10-4-8(3-9(15)5-10)7-16-18-14-17-13(20)11(23-14)6-12(19)22-2/h3-7H,1-2H3,(H,17,18,20)/b11-6+,16-7?. The van der Waals surface area contributed by atoms with E-state index in [9.17, 15) is 14.0 Å². The van der Waals surface area contributed by atoms with Gasteiger partial charge in [0.05, 0.1) is 25.3 Å². The highest BCUT2D eigenvalue weighted by atomic mass is 32.2. The average Bonchev–Trinajstić information content (AvgIpc) is 2.86. The van der Waals surface area contributed by atoms with E-state index in [0.717, 1.165) is 17.8 Å². The summed E-state index contributed by atoms with van der Waals surface area (Å²) in [6.45, 7) is 0. The van der Waals surface area contributed by atoms with Crippen LogP contribution in [0.3, 0.4) is 0 Å². The van der Waals surface area contributed by atoms with E-state index >= 15 is 0 Å². The van der Waals surface area contributed by atoms with Crippen LogP contribution in [-0.2, 0) is 14.3 Å². The van der Waals surface area contributed by atoms with Crippen LogP contribution in [0.4, 0.5) is 4.39 Å². The molecule has 0 aromatic heterocycles. The maximum Gasteiger partial charge on any atom is 0.331 e. The molecule has 2 rings (SSSR count). The lowest BCUT2D eigenvalue weighted by Crippen LogP contribution is -2.19. The van der Waals surface area contributed by atoms with Gasteiger partial charge in [-0.3, -0.25) is 10.1 Å². The van der Waals surface area contributed by atoms with Crippen LogP contribution in [0.5, 0.6) is 5.75 Å². The Morgan fingerprint density at radius 2 is 2.13 bits per heavy atom. The first-order valence-electron chi connectivity index (χ1n) is 6.26. The topological polar surface area (TPSA) is 89.3 Å². The van der Waals surface area contributed by atoms with E-state index in [4.69, 9.17) is 4.74 Å². The van der Waals surface area contributed by atoms with Crippen molar-refractivity contribution in [2.24, 2.45) is 10.2 Å². The van der Waals surface area contributed by atoms with Crippen LogP contribution in [-0.4, -0.2) is 37.5 Å². The van der Waals surface area contributed by atoms with Crippen LogP contribution in [0, 0.1) is 5.82 Å². The highest BCUT2D eigenvalue weighted by Gasteiger charge is 2.24. The normalized spacial score (nSPS) is 17.8. The van der Waals surface area contributed by atoms with Crippen molar-refractivity contribution in [2.45, 2.75) is 0 Å². The lowest BCUT2D eigenvalue weighted by molar-refractivity contribution is -0.135. The molecule has 0 aliphatic carbocycles. The lowest BCUT2D eigenvalue weighted by atomic mass is 10.2. The number of esters is 1. The molecule has 0 radical (unpaired) electrons. The minimum Gasteiger partial charge on any atom is -0.497 e. The Morgan fingerprint density at radius 1 is 1.35 bits per heavy atom. The summed E-state index contributed by atoms with van der Waals surface area (Å²) in [5, 5.41) is 10.2. The Morgan fingerprint density at radius 3 is 2.83 bits per heavy atom. The van der Waals surface area contributed by atoms with Gasteiger partial charge in [0.1, 0.15) is 11.6 Å². The predicted octanol–water partition coefficient (Wildman–Crippen LogP) is 1.44. The highest BCUT2D eigenvalue weighted by Crippen LogP contribution is 2.23. The molecule has 0 saturated carbocycles. The number of ether oxygens (including phenoxy) is 2. The molecule has 1 N–H and O–H groups in total. The number of methoxy groups -OCH3 is 2. The Kier molecular flexibility index (Phi) is 5.47. The summed E-state index contributed by atoms with van der Waals surface area (Å²) in [6.07, 6.45) is 2.37. The largest absolute Gasteiger partial charge is 0.497 e. The first kappa shape index (κ1) is 16.7. The van der Waals surface area contributed by atoms with Gasteiger partial charge in [0.15, 0.2) is 5.17 Å². The molecule has 1 aliphatic rings. The van der Waals surface area contributed by atoms with Crippen LogP contribution >= 0.6 is 11.8 Å². The average molecular weight is 337 g/mol. The molecular weight excluding hydrogens is 325 g/mol. The summed E-state index contributed by atoms with van der Waals surface area (Å²) < 4.78 is 22.7. The molecule has 7 nitrogen and oxygen atoms in total. The van der Waals surface area contributed by atoms with E-state index in [1.165, 1.54) is 32.6 Å². The molecular formula is C14H12FN3O4S. The minimum absolute atomic E-state index is 0.151. The van der Waals surface area contributed by atoms with Gasteiger partial charge in [-0.25, -0.2) is 9.18 Å². The first-order valence-corrected chi connectivity index (χ1v) is 7.08. The molecule has 1 saturated heterocycles. The van der Waals surface area contributed by atoms with E-state index in [2.05, 4.69) is 20.3 Å². The van der Waals surface area contributed by atoms with Crippen molar-refractivity contribution in [3.63, 3.8) is 0 Å². The van der Waals surface area contributed by atoms with Crippen LogP contribution in [0.1, 0.15) is 5.56 Å². The van der Waals surface area contributed by atoms with E-state index in [-0.39, 0.29) is 10.1 Å². The van der Waals surface area contributed by atoms with Gasteiger partial charge in [0.25, 0.3) is 5.91 Å². The van der Waals surface area contributed by atoms with Crippen molar-refractivity contribution in [1.29, 1.82) is 0 Å². The number of nitrogens with one attached hydrogen (secondary N) is 1. The SMILES string of the molecule is COC(=O)/C=C1/S/C(=N\N=Cc2cc(F)cc(OC)c2)NC1=O. The second kappa shape index (κ2) is 7.54. The fourth-order valence-corrected chi connectivity index (χ4v) is 2.30. The van der Waals surface area contributed by atoms with Gasteiger partial charge in [-0.1, -0.05) is 0 Å². The second-order valence-corrected chi connectivity index (χ2v) is 5.19. The maximum absolute atomic E-state index is 13.3. The molecule has 1 aliphatic heterocycles. The molecule has 1 fully saturated rings. The summed E-state index contributed by atoms with van der Waals surface area (Å²) in [4.78, 5) is 22.8. The number of carbonyl (C=O) groups is 2. The van der Waals surface area contributed by atoms with Gasteiger partial charge >= 0.3 is 5.97 Å². The van der Waals surface area contributed by atoms with E-state index < -0.39 is 17.7 Å². The number of halogens is 1. The minimum atomic E-state index is -0.640. The van der Waals surface area contributed by atoms with Crippen molar-refractivity contribution >= 4 is 35.0 Å². The number of amides is 1. The number of benzene rings is 1. The molecule has 1 heterocycles. The van der Waals surface area contributed by atoms with Crippen molar-refractivity contribution in [3.05, 3.63) is 40.6 Å². The van der Waals surface area contributed by atoms with Crippen molar-refractivity contribution in [1.82, 2.24) is 5.32 Å². The molecule has 1 aromatic carbocycles. The maximum atomic E-state index is 13.3. The van der Waals surface area contributed by atoms with Gasteiger partial charge in [-0.15, -0.1) is 5.10 Å². The van der Waals surface area contributed by atoms with Crippen molar-refractivity contribution in [3.8, 4) is 5.75 Å². The number of amidine groups is 1. The highest BCUT2D eigenvalue weighted by molar-refractivity contribution is 8.18. The molecule has 0 unspecified atom stereocenters. The zero-order valence-corrected chi connectivity index (χ0v) is 13.0. The predicted molar refractivity (Wildman–Crippen MR) is 83.8 cm³/mol. The molecule has 1 amide bonds. The molecule has 23 heavy (non-hydrogen) atoms. The fourth-order valence-electron chi connectivity index (χ4n) is 1.57. The van der Waals surface area contributed by atoms with Gasteiger partial charge in [0, 0.05) is 17.7 Å². The monoisotopic (exact) mass is 337 g/mol. The van der Waals surface area contributed by atoms with Gasteiger partial charge < -0.3 is 9.47 Å². The Balaban J connectivity index is 2.09.